The second kappa shape index (κ2) is 7.81. The van der Waals surface area contributed by atoms with Crippen molar-refractivity contribution in [1.82, 2.24) is 0 Å². The van der Waals surface area contributed by atoms with Gasteiger partial charge in [-0.1, -0.05) is 6.07 Å². The van der Waals surface area contributed by atoms with E-state index in [9.17, 15) is 30.3 Å². The van der Waals surface area contributed by atoms with E-state index in [1.54, 1.807) is 0 Å². The molecule has 5 atom stereocenters. The van der Waals surface area contributed by atoms with E-state index in [-0.39, 0.29) is 17.1 Å². The Hall–Kier alpha value is -2.17. The first-order valence-corrected chi connectivity index (χ1v) is 7.46. The number of hydrogen-bond acceptors (Lipinski definition) is 9. The van der Waals surface area contributed by atoms with Gasteiger partial charge in [-0.25, -0.2) is 4.79 Å². The molecule has 9 nitrogen and oxygen atoms in total. The van der Waals surface area contributed by atoms with Crippen LogP contribution >= 0.6 is 0 Å². The number of rotatable bonds is 4. The van der Waals surface area contributed by atoms with E-state index in [4.69, 9.17) is 14.6 Å². The maximum Gasteiger partial charge on any atom is 0.336 e. The summed E-state index contributed by atoms with van der Waals surface area (Å²) in [7, 11) is 0. The van der Waals surface area contributed by atoms with Crippen LogP contribution in [0, 0.1) is 0 Å². The first kappa shape index (κ1) is 19.2. The van der Waals surface area contributed by atoms with Gasteiger partial charge in [-0.15, -0.1) is 0 Å². The minimum absolute atomic E-state index is 0.0852. The smallest absolute Gasteiger partial charge is 0.336 e. The molecule has 1 aliphatic rings. The lowest BCUT2D eigenvalue weighted by atomic mass is 9.99. The predicted octanol–water partition coefficient (Wildman–Crippen LogP) is -1.16. The number of carbonyl (C=O) groups is 1. The number of esters is 1. The summed E-state index contributed by atoms with van der Waals surface area (Å²) in [6, 6.07) is 3.94. The molecule has 0 aliphatic carbocycles. The van der Waals surface area contributed by atoms with E-state index < -0.39 is 43.3 Å². The fraction of sp³-hybridized carbons (Fsp3) is 0.438. The average molecular weight is 356 g/mol. The number of aliphatic hydroxyl groups excluding tert-OH is 4. The van der Waals surface area contributed by atoms with Crippen molar-refractivity contribution in [3.8, 4) is 11.5 Å². The first-order chi connectivity index (χ1) is 11.7. The van der Waals surface area contributed by atoms with Crippen molar-refractivity contribution in [2.75, 3.05) is 6.61 Å². The van der Waals surface area contributed by atoms with Crippen LogP contribution in [0.15, 0.2) is 23.8 Å². The lowest BCUT2D eigenvalue weighted by Gasteiger charge is -2.39. The monoisotopic (exact) mass is 356 g/mol. The molecular weight excluding hydrogens is 336 g/mol. The highest BCUT2D eigenvalue weighted by molar-refractivity contribution is 5.93. The van der Waals surface area contributed by atoms with Gasteiger partial charge in [0.2, 0.25) is 6.29 Å². The molecule has 25 heavy (non-hydrogen) atoms. The molecule has 0 radical (unpaired) electrons. The number of benzene rings is 1. The van der Waals surface area contributed by atoms with Gasteiger partial charge in [0.05, 0.1) is 6.61 Å². The van der Waals surface area contributed by atoms with E-state index in [0.717, 1.165) is 0 Å². The van der Waals surface area contributed by atoms with Crippen LogP contribution in [0.3, 0.4) is 0 Å². The summed E-state index contributed by atoms with van der Waals surface area (Å²) < 4.78 is 10.1. The highest BCUT2D eigenvalue weighted by Gasteiger charge is 2.45. The van der Waals surface area contributed by atoms with Crippen LogP contribution in [-0.4, -0.2) is 73.9 Å². The second-order valence-corrected chi connectivity index (χ2v) is 5.68. The summed E-state index contributed by atoms with van der Waals surface area (Å²) in [6.45, 7) is 0.775. The lowest BCUT2D eigenvalue weighted by Crippen LogP contribution is -2.59. The van der Waals surface area contributed by atoms with Gasteiger partial charge >= 0.3 is 5.97 Å². The van der Waals surface area contributed by atoms with Crippen LogP contribution < -0.4 is 0 Å². The minimum Gasteiger partial charge on any atom is -0.504 e. The quantitative estimate of drug-likeness (QED) is 0.222. The van der Waals surface area contributed by atoms with Gasteiger partial charge in [0.15, 0.2) is 11.5 Å². The number of hydrogen-bond donors (Lipinski definition) is 6. The molecule has 2 rings (SSSR count). The third-order valence-electron chi connectivity index (χ3n) is 3.78. The van der Waals surface area contributed by atoms with Crippen molar-refractivity contribution in [2.24, 2.45) is 0 Å². The van der Waals surface area contributed by atoms with Gasteiger partial charge in [-0.2, -0.15) is 0 Å². The van der Waals surface area contributed by atoms with E-state index in [1.165, 1.54) is 31.2 Å². The maximum atomic E-state index is 12.1. The number of ether oxygens (including phenoxy) is 2. The molecule has 0 aromatic heterocycles. The van der Waals surface area contributed by atoms with E-state index in [0.29, 0.717) is 5.56 Å². The lowest BCUT2D eigenvalue weighted by molar-refractivity contribution is -0.291. The Kier molecular flexibility index (Phi) is 5.98. The van der Waals surface area contributed by atoms with Gasteiger partial charge in [-0.05, 0) is 30.7 Å². The fourth-order valence-corrected chi connectivity index (χ4v) is 2.30. The van der Waals surface area contributed by atoms with Crippen molar-refractivity contribution in [1.29, 1.82) is 0 Å². The van der Waals surface area contributed by atoms with Gasteiger partial charge in [-0.3, -0.25) is 0 Å². The topological polar surface area (TPSA) is 157 Å². The molecule has 1 fully saturated rings. The number of aliphatic hydroxyl groups is 4. The second-order valence-electron chi connectivity index (χ2n) is 5.68. The summed E-state index contributed by atoms with van der Waals surface area (Å²) >= 11 is 0. The van der Waals surface area contributed by atoms with Crippen molar-refractivity contribution in [2.45, 2.75) is 37.6 Å². The summed E-state index contributed by atoms with van der Waals surface area (Å²) in [4.78, 5) is 12.1. The van der Waals surface area contributed by atoms with Crippen molar-refractivity contribution in [3.05, 3.63) is 29.3 Å². The summed E-state index contributed by atoms with van der Waals surface area (Å²) in [5, 5.41) is 57.0. The highest BCUT2D eigenvalue weighted by atomic mass is 16.7. The van der Waals surface area contributed by atoms with Crippen molar-refractivity contribution >= 4 is 12.0 Å². The van der Waals surface area contributed by atoms with E-state index in [2.05, 4.69) is 0 Å². The van der Waals surface area contributed by atoms with Gasteiger partial charge in [0.1, 0.15) is 24.4 Å². The normalized spacial score (nSPS) is 30.1. The third-order valence-corrected chi connectivity index (χ3v) is 3.78. The first-order valence-electron chi connectivity index (χ1n) is 7.46. The number of aromatic hydroxyl groups is 2. The Morgan fingerprint density at radius 2 is 1.84 bits per heavy atom. The molecule has 6 N–H and O–H groups in total. The summed E-state index contributed by atoms with van der Waals surface area (Å²) in [5.74, 6) is -1.54. The van der Waals surface area contributed by atoms with E-state index >= 15 is 0 Å². The van der Waals surface area contributed by atoms with Gasteiger partial charge in [0.25, 0.3) is 0 Å². The Bertz CT molecular complexity index is 655. The van der Waals surface area contributed by atoms with Crippen LogP contribution in [0.4, 0.5) is 0 Å². The van der Waals surface area contributed by atoms with E-state index in [1.807, 2.05) is 0 Å². The maximum absolute atomic E-state index is 12.1. The Morgan fingerprint density at radius 3 is 2.44 bits per heavy atom. The van der Waals surface area contributed by atoms with Crippen LogP contribution in [-0.2, 0) is 14.3 Å². The minimum atomic E-state index is -1.69. The van der Waals surface area contributed by atoms with Crippen LogP contribution in [0.5, 0.6) is 11.5 Å². The predicted molar refractivity (Wildman–Crippen MR) is 83.3 cm³/mol. The summed E-state index contributed by atoms with van der Waals surface area (Å²) in [6.07, 6.45) is -6.28. The fourth-order valence-electron chi connectivity index (χ4n) is 2.30. The number of carbonyl (C=O) groups excluding carboxylic acids is 1. The Morgan fingerprint density at radius 1 is 1.16 bits per heavy atom. The largest absolute Gasteiger partial charge is 0.504 e. The van der Waals surface area contributed by atoms with Crippen molar-refractivity contribution < 1.29 is 44.9 Å². The molecule has 1 aliphatic heterocycles. The molecule has 0 unspecified atom stereocenters. The molecule has 1 saturated heterocycles. The van der Waals surface area contributed by atoms with Crippen molar-refractivity contribution in [3.63, 3.8) is 0 Å². The Labute approximate surface area is 143 Å². The molecule has 1 aromatic rings. The molecule has 9 heteroatoms. The highest BCUT2D eigenvalue weighted by Crippen LogP contribution is 2.26. The SMILES string of the molecule is C/C(=C\c1ccc(O)c(O)c1)C(=O)O[C@@H]1O[C@H](CO)[C@@H](O)[C@H](O)[C@H]1O. The molecule has 0 spiro atoms. The average Bonchev–Trinajstić information content (AvgIpc) is 2.58. The molecule has 0 saturated carbocycles. The molecule has 1 heterocycles. The third kappa shape index (κ3) is 4.27. The van der Waals surface area contributed by atoms with Crippen LogP contribution in [0.25, 0.3) is 6.08 Å². The molecule has 138 valence electrons. The Balaban J connectivity index is 2.09. The zero-order valence-corrected chi connectivity index (χ0v) is 13.3. The molecular formula is C16H20O9. The van der Waals surface area contributed by atoms with Gasteiger partial charge < -0.3 is 40.1 Å². The number of phenols is 2. The summed E-state index contributed by atoms with van der Waals surface area (Å²) in [5.41, 5.74) is 0.501. The number of phenolic OH excluding ortho intramolecular Hbond substituents is 2. The molecule has 0 amide bonds. The molecule has 0 bridgehead atoms. The van der Waals surface area contributed by atoms with Crippen LogP contribution in [0.1, 0.15) is 12.5 Å². The van der Waals surface area contributed by atoms with Gasteiger partial charge in [0, 0.05) is 5.57 Å². The zero-order chi connectivity index (χ0) is 18.7. The van der Waals surface area contributed by atoms with Crippen LogP contribution in [0.2, 0.25) is 0 Å². The molecule has 1 aromatic carbocycles. The standard InChI is InChI=1S/C16H20O9/c1-7(4-8-2-3-9(18)10(19)5-8)15(23)25-16-14(22)13(21)12(20)11(6-17)24-16/h2-5,11-14,16-22H,6H2,1H3/b7-4+/t11-,12-,13+,14-,16+/m1/s1. The zero-order valence-electron chi connectivity index (χ0n) is 13.3.